The number of carboxylic acids is 1. The average molecular weight is 266 g/mol. The van der Waals surface area contributed by atoms with Crippen LogP contribution in [0.1, 0.15) is 30.6 Å². The van der Waals surface area contributed by atoms with Crippen molar-refractivity contribution in [2.24, 2.45) is 5.73 Å². The number of rotatable bonds is 5. The molecule has 6 heteroatoms. The van der Waals surface area contributed by atoms with Gasteiger partial charge in [0.05, 0.1) is 18.4 Å². The molecule has 0 aromatic heterocycles. The second-order valence-electron chi connectivity index (χ2n) is 4.93. The number of methoxy groups -OCH3 is 1. The van der Waals surface area contributed by atoms with Gasteiger partial charge in [-0.15, -0.1) is 0 Å². The number of aromatic carboxylic acids is 1. The molecule has 1 aromatic carbocycles. The summed E-state index contributed by atoms with van der Waals surface area (Å²) in [6.45, 7) is 3.47. The van der Waals surface area contributed by atoms with Crippen molar-refractivity contribution in [2.75, 3.05) is 12.4 Å². The molecule has 1 rings (SSSR count). The highest BCUT2D eigenvalue weighted by Gasteiger charge is 2.18. The third-order valence-corrected chi connectivity index (χ3v) is 2.34. The van der Waals surface area contributed by atoms with Crippen molar-refractivity contribution in [3.8, 4) is 5.75 Å². The molecule has 19 heavy (non-hydrogen) atoms. The van der Waals surface area contributed by atoms with Crippen LogP contribution in [-0.4, -0.2) is 29.6 Å². The summed E-state index contributed by atoms with van der Waals surface area (Å²) in [5.41, 5.74) is 5.50. The van der Waals surface area contributed by atoms with Crippen molar-refractivity contribution >= 4 is 17.6 Å². The van der Waals surface area contributed by atoms with Crippen molar-refractivity contribution in [1.82, 2.24) is 0 Å². The Morgan fingerprint density at radius 3 is 2.53 bits per heavy atom. The van der Waals surface area contributed by atoms with Crippen molar-refractivity contribution < 1.29 is 19.4 Å². The number of hydrogen-bond acceptors (Lipinski definition) is 4. The number of anilines is 1. The van der Waals surface area contributed by atoms with E-state index in [2.05, 4.69) is 5.32 Å². The van der Waals surface area contributed by atoms with E-state index in [-0.39, 0.29) is 17.9 Å². The highest BCUT2D eigenvalue weighted by atomic mass is 16.5. The van der Waals surface area contributed by atoms with E-state index in [0.717, 1.165) is 0 Å². The lowest BCUT2D eigenvalue weighted by atomic mass is 10.0. The summed E-state index contributed by atoms with van der Waals surface area (Å²) >= 11 is 0. The fourth-order valence-electron chi connectivity index (χ4n) is 1.55. The van der Waals surface area contributed by atoms with Crippen LogP contribution in [0.3, 0.4) is 0 Å². The van der Waals surface area contributed by atoms with E-state index in [1.165, 1.54) is 25.3 Å². The van der Waals surface area contributed by atoms with Crippen LogP contribution in [0.2, 0.25) is 0 Å². The molecule has 0 atom stereocenters. The van der Waals surface area contributed by atoms with Gasteiger partial charge in [-0.25, -0.2) is 4.79 Å². The number of nitrogens with two attached hydrogens (primary N) is 1. The van der Waals surface area contributed by atoms with Gasteiger partial charge in [-0.05, 0) is 32.0 Å². The molecule has 4 N–H and O–H groups in total. The number of ether oxygens (including phenoxy) is 1. The highest BCUT2D eigenvalue weighted by molar-refractivity contribution is 5.95. The first-order valence-electron chi connectivity index (χ1n) is 5.73. The SMILES string of the molecule is COc1ccc(C(=O)O)cc1NC(=O)CC(C)(C)N. The van der Waals surface area contributed by atoms with E-state index in [9.17, 15) is 9.59 Å². The van der Waals surface area contributed by atoms with Gasteiger partial charge in [0.2, 0.25) is 5.91 Å². The van der Waals surface area contributed by atoms with E-state index in [1.807, 2.05) is 0 Å². The fraction of sp³-hybridized carbons (Fsp3) is 0.385. The number of amides is 1. The molecular formula is C13H18N2O4. The molecule has 1 aromatic rings. The number of nitrogens with one attached hydrogen (secondary N) is 1. The summed E-state index contributed by atoms with van der Waals surface area (Å²) in [7, 11) is 1.44. The summed E-state index contributed by atoms with van der Waals surface area (Å²) in [6.07, 6.45) is 0.119. The summed E-state index contributed by atoms with van der Waals surface area (Å²) in [5, 5.41) is 11.5. The van der Waals surface area contributed by atoms with E-state index < -0.39 is 11.5 Å². The molecule has 0 unspecified atom stereocenters. The number of carbonyl (C=O) groups excluding carboxylic acids is 1. The third kappa shape index (κ3) is 4.59. The zero-order chi connectivity index (χ0) is 14.6. The molecule has 0 aliphatic rings. The summed E-state index contributed by atoms with van der Waals surface area (Å²) in [4.78, 5) is 22.7. The quantitative estimate of drug-likeness (QED) is 0.748. The first-order chi connectivity index (χ1) is 8.73. The molecule has 0 spiro atoms. The molecule has 0 fully saturated rings. The number of carbonyl (C=O) groups is 2. The maximum absolute atomic E-state index is 11.8. The van der Waals surface area contributed by atoms with Gasteiger partial charge in [-0.1, -0.05) is 0 Å². The number of carboxylic acid groups (broad SMARTS) is 1. The van der Waals surface area contributed by atoms with Gasteiger partial charge in [-0.2, -0.15) is 0 Å². The van der Waals surface area contributed by atoms with Gasteiger partial charge in [0.1, 0.15) is 5.75 Å². The summed E-state index contributed by atoms with van der Waals surface area (Å²) < 4.78 is 5.07. The van der Waals surface area contributed by atoms with Gasteiger partial charge >= 0.3 is 5.97 Å². The largest absolute Gasteiger partial charge is 0.495 e. The predicted octanol–water partition coefficient (Wildman–Crippen LogP) is 1.46. The summed E-state index contributed by atoms with van der Waals surface area (Å²) in [6, 6.07) is 4.25. The van der Waals surface area contributed by atoms with E-state index in [4.69, 9.17) is 15.6 Å². The second-order valence-corrected chi connectivity index (χ2v) is 4.93. The molecule has 0 heterocycles. The molecular weight excluding hydrogens is 248 g/mol. The molecule has 0 saturated heterocycles. The van der Waals surface area contributed by atoms with Crippen LogP contribution in [0.25, 0.3) is 0 Å². The lowest BCUT2D eigenvalue weighted by molar-refractivity contribution is -0.117. The predicted molar refractivity (Wildman–Crippen MR) is 71.5 cm³/mol. The van der Waals surface area contributed by atoms with Gasteiger partial charge in [-0.3, -0.25) is 4.79 Å². The van der Waals surface area contributed by atoms with Gasteiger partial charge in [0.15, 0.2) is 0 Å². The zero-order valence-corrected chi connectivity index (χ0v) is 11.2. The standard InChI is InChI=1S/C13H18N2O4/c1-13(2,14)7-11(16)15-9-6-8(12(17)18)4-5-10(9)19-3/h4-6H,7,14H2,1-3H3,(H,15,16)(H,17,18). The Hall–Kier alpha value is -2.08. The van der Waals surface area contributed by atoms with Crippen LogP contribution in [-0.2, 0) is 4.79 Å². The Labute approximate surface area is 111 Å². The molecule has 104 valence electrons. The van der Waals surface area contributed by atoms with Crippen molar-refractivity contribution in [3.63, 3.8) is 0 Å². The van der Waals surface area contributed by atoms with Crippen molar-refractivity contribution in [2.45, 2.75) is 25.8 Å². The summed E-state index contributed by atoms with van der Waals surface area (Å²) in [5.74, 6) is -0.973. The first-order valence-corrected chi connectivity index (χ1v) is 5.73. The molecule has 0 radical (unpaired) electrons. The monoisotopic (exact) mass is 266 g/mol. The smallest absolute Gasteiger partial charge is 0.335 e. The van der Waals surface area contributed by atoms with Crippen LogP contribution >= 0.6 is 0 Å². The maximum Gasteiger partial charge on any atom is 0.335 e. The van der Waals surface area contributed by atoms with Gasteiger partial charge in [0, 0.05) is 12.0 Å². The van der Waals surface area contributed by atoms with E-state index in [1.54, 1.807) is 13.8 Å². The minimum Gasteiger partial charge on any atom is -0.495 e. The Bertz CT molecular complexity index is 492. The molecule has 0 aliphatic carbocycles. The van der Waals surface area contributed by atoms with Gasteiger partial charge in [0.25, 0.3) is 0 Å². The second kappa shape index (κ2) is 5.71. The van der Waals surface area contributed by atoms with Gasteiger partial charge < -0.3 is 20.9 Å². The lowest BCUT2D eigenvalue weighted by Crippen LogP contribution is -2.36. The molecule has 6 nitrogen and oxygen atoms in total. The van der Waals surface area contributed by atoms with E-state index >= 15 is 0 Å². The van der Waals surface area contributed by atoms with Crippen LogP contribution in [0, 0.1) is 0 Å². The van der Waals surface area contributed by atoms with Crippen molar-refractivity contribution in [3.05, 3.63) is 23.8 Å². The van der Waals surface area contributed by atoms with Crippen LogP contribution in [0.15, 0.2) is 18.2 Å². The van der Waals surface area contributed by atoms with Crippen molar-refractivity contribution in [1.29, 1.82) is 0 Å². The molecule has 0 aliphatic heterocycles. The molecule has 1 amide bonds. The lowest BCUT2D eigenvalue weighted by Gasteiger charge is -2.18. The number of hydrogen-bond donors (Lipinski definition) is 3. The fourth-order valence-corrected chi connectivity index (χ4v) is 1.55. The highest BCUT2D eigenvalue weighted by Crippen LogP contribution is 2.26. The zero-order valence-electron chi connectivity index (χ0n) is 11.2. The molecule has 0 saturated carbocycles. The topological polar surface area (TPSA) is 102 Å². The Morgan fingerprint density at radius 2 is 2.05 bits per heavy atom. The van der Waals surface area contributed by atoms with Crippen LogP contribution < -0.4 is 15.8 Å². The number of benzene rings is 1. The van der Waals surface area contributed by atoms with E-state index in [0.29, 0.717) is 11.4 Å². The minimum absolute atomic E-state index is 0.0723. The Morgan fingerprint density at radius 1 is 1.42 bits per heavy atom. The van der Waals surface area contributed by atoms with Crippen LogP contribution in [0.4, 0.5) is 5.69 Å². The normalized spacial score (nSPS) is 10.9. The maximum atomic E-state index is 11.8. The molecule has 0 bridgehead atoms. The minimum atomic E-state index is -1.07. The first kappa shape index (κ1) is 15.0. The Balaban J connectivity index is 2.95. The average Bonchev–Trinajstić information content (AvgIpc) is 2.26. The Kier molecular flexibility index (Phi) is 4.50. The third-order valence-electron chi connectivity index (χ3n) is 2.34. The van der Waals surface area contributed by atoms with Crippen LogP contribution in [0.5, 0.6) is 5.75 Å².